The van der Waals surface area contributed by atoms with Crippen molar-refractivity contribution in [2.24, 2.45) is 0 Å². The number of hydrogen-bond acceptors (Lipinski definition) is 3. The Labute approximate surface area is 108 Å². The molecule has 0 unspecified atom stereocenters. The number of rotatable bonds is 2. The summed E-state index contributed by atoms with van der Waals surface area (Å²) in [5, 5.41) is 0.302. The monoisotopic (exact) mass is 263 g/mol. The molecule has 1 aromatic carbocycles. The Hall–Kier alpha value is -2.07. The van der Waals surface area contributed by atoms with Gasteiger partial charge in [-0.2, -0.15) is 0 Å². The highest BCUT2D eigenvalue weighted by Crippen LogP contribution is 2.30. The van der Waals surface area contributed by atoms with Crippen LogP contribution >= 0.6 is 11.6 Å². The third kappa shape index (κ3) is 2.28. The first-order valence-electron chi connectivity index (χ1n) is 5.19. The molecule has 0 aliphatic carbocycles. The van der Waals surface area contributed by atoms with E-state index >= 15 is 0 Å². The van der Waals surface area contributed by atoms with Gasteiger partial charge in [0.1, 0.15) is 0 Å². The van der Waals surface area contributed by atoms with E-state index in [2.05, 4.69) is 9.72 Å². The SMILES string of the molecule is COC(=O)c1cccc(-c2ccc(=O)[nH]c2)c1Cl. The molecule has 2 aromatic rings. The number of carbonyl (C=O) groups excluding carboxylic acids is 1. The van der Waals surface area contributed by atoms with Gasteiger partial charge in [-0.25, -0.2) is 4.79 Å². The summed E-state index contributed by atoms with van der Waals surface area (Å²) < 4.78 is 4.65. The molecule has 0 amide bonds. The minimum atomic E-state index is -0.494. The molecule has 2 rings (SSSR count). The lowest BCUT2D eigenvalue weighted by Gasteiger charge is -2.07. The Kier molecular flexibility index (Phi) is 3.48. The Morgan fingerprint density at radius 2 is 2.06 bits per heavy atom. The summed E-state index contributed by atoms with van der Waals surface area (Å²) in [4.78, 5) is 25.1. The minimum Gasteiger partial charge on any atom is -0.465 e. The summed E-state index contributed by atoms with van der Waals surface area (Å²) in [6.07, 6.45) is 1.55. The van der Waals surface area contributed by atoms with Crippen LogP contribution in [-0.2, 0) is 4.74 Å². The van der Waals surface area contributed by atoms with Crippen LogP contribution in [0.3, 0.4) is 0 Å². The number of ether oxygens (including phenoxy) is 1. The maximum atomic E-state index is 11.5. The van der Waals surface area contributed by atoms with Crippen LogP contribution in [0.5, 0.6) is 0 Å². The molecule has 0 saturated heterocycles. The van der Waals surface area contributed by atoms with E-state index in [1.165, 1.54) is 13.2 Å². The number of methoxy groups -OCH3 is 1. The van der Waals surface area contributed by atoms with Crippen molar-refractivity contribution in [3.05, 3.63) is 57.5 Å². The first-order valence-corrected chi connectivity index (χ1v) is 5.57. The van der Waals surface area contributed by atoms with Gasteiger partial charge in [-0.15, -0.1) is 0 Å². The second-order valence-electron chi connectivity index (χ2n) is 3.60. The number of nitrogens with one attached hydrogen (secondary N) is 1. The van der Waals surface area contributed by atoms with Gasteiger partial charge in [0.2, 0.25) is 5.56 Å². The van der Waals surface area contributed by atoms with Gasteiger partial charge in [-0.3, -0.25) is 4.79 Å². The summed E-state index contributed by atoms with van der Waals surface area (Å²) in [5.41, 5.74) is 1.49. The largest absolute Gasteiger partial charge is 0.465 e. The van der Waals surface area contributed by atoms with Crippen molar-refractivity contribution >= 4 is 17.6 Å². The van der Waals surface area contributed by atoms with Gasteiger partial charge in [-0.05, 0) is 17.7 Å². The maximum absolute atomic E-state index is 11.5. The van der Waals surface area contributed by atoms with E-state index in [4.69, 9.17) is 11.6 Å². The number of H-pyrrole nitrogens is 1. The van der Waals surface area contributed by atoms with Gasteiger partial charge in [0.15, 0.2) is 0 Å². The fourth-order valence-corrected chi connectivity index (χ4v) is 1.91. The molecule has 92 valence electrons. The normalized spacial score (nSPS) is 10.1. The molecule has 1 aromatic heterocycles. The van der Waals surface area contributed by atoms with E-state index in [9.17, 15) is 9.59 Å². The van der Waals surface area contributed by atoms with E-state index in [1.807, 2.05) is 0 Å². The van der Waals surface area contributed by atoms with Crippen molar-refractivity contribution in [1.82, 2.24) is 4.98 Å². The molecule has 0 aliphatic heterocycles. The topological polar surface area (TPSA) is 59.2 Å². The number of benzene rings is 1. The van der Waals surface area contributed by atoms with E-state index < -0.39 is 5.97 Å². The lowest BCUT2D eigenvalue weighted by Crippen LogP contribution is -2.04. The Balaban J connectivity index is 2.55. The summed E-state index contributed by atoms with van der Waals surface area (Å²) in [7, 11) is 1.30. The molecule has 0 bridgehead atoms. The Bertz CT molecular complexity index is 628. The number of esters is 1. The van der Waals surface area contributed by atoms with E-state index in [1.54, 1.807) is 30.5 Å². The number of aromatic nitrogens is 1. The van der Waals surface area contributed by atoms with Crippen LogP contribution in [-0.4, -0.2) is 18.1 Å². The van der Waals surface area contributed by atoms with E-state index in [0.717, 1.165) is 5.56 Å². The zero-order valence-corrected chi connectivity index (χ0v) is 10.3. The van der Waals surface area contributed by atoms with Crippen molar-refractivity contribution < 1.29 is 9.53 Å². The molecule has 0 aliphatic rings. The van der Waals surface area contributed by atoms with Gasteiger partial charge in [-0.1, -0.05) is 23.7 Å². The van der Waals surface area contributed by atoms with Crippen LogP contribution < -0.4 is 5.56 Å². The molecule has 0 radical (unpaired) electrons. The Morgan fingerprint density at radius 1 is 1.28 bits per heavy atom. The third-order valence-corrected chi connectivity index (χ3v) is 2.91. The molecule has 0 atom stereocenters. The van der Waals surface area contributed by atoms with Crippen molar-refractivity contribution in [3.63, 3.8) is 0 Å². The average molecular weight is 264 g/mol. The second-order valence-corrected chi connectivity index (χ2v) is 3.98. The zero-order chi connectivity index (χ0) is 13.1. The summed E-state index contributed by atoms with van der Waals surface area (Å²) in [5.74, 6) is -0.494. The van der Waals surface area contributed by atoms with Gasteiger partial charge < -0.3 is 9.72 Å². The van der Waals surface area contributed by atoms with Crippen LogP contribution in [0.1, 0.15) is 10.4 Å². The number of halogens is 1. The molecular formula is C13H10ClNO3. The number of carbonyl (C=O) groups is 1. The van der Waals surface area contributed by atoms with Gasteiger partial charge >= 0.3 is 5.97 Å². The number of pyridine rings is 1. The highest BCUT2D eigenvalue weighted by atomic mass is 35.5. The maximum Gasteiger partial charge on any atom is 0.339 e. The fourth-order valence-electron chi connectivity index (χ4n) is 1.60. The van der Waals surface area contributed by atoms with Crippen molar-refractivity contribution in [2.45, 2.75) is 0 Å². The summed E-state index contributed by atoms with van der Waals surface area (Å²) in [6.45, 7) is 0. The molecule has 0 spiro atoms. The lowest BCUT2D eigenvalue weighted by molar-refractivity contribution is 0.0601. The molecular weight excluding hydrogens is 254 g/mol. The fraction of sp³-hybridized carbons (Fsp3) is 0.0769. The van der Waals surface area contributed by atoms with Crippen LogP contribution in [0.15, 0.2) is 41.3 Å². The third-order valence-electron chi connectivity index (χ3n) is 2.50. The smallest absolute Gasteiger partial charge is 0.339 e. The van der Waals surface area contributed by atoms with Crippen LogP contribution in [0.2, 0.25) is 5.02 Å². The minimum absolute atomic E-state index is 0.195. The molecule has 18 heavy (non-hydrogen) atoms. The van der Waals surface area contributed by atoms with Crippen molar-refractivity contribution in [3.8, 4) is 11.1 Å². The van der Waals surface area contributed by atoms with Crippen molar-refractivity contribution in [2.75, 3.05) is 7.11 Å². The molecule has 5 heteroatoms. The van der Waals surface area contributed by atoms with Crippen LogP contribution in [0, 0.1) is 0 Å². The number of hydrogen-bond donors (Lipinski definition) is 1. The predicted octanol–water partition coefficient (Wildman–Crippen LogP) is 2.48. The van der Waals surface area contributed by atoms with E-state index in [0.29, 0.717) is 16.1 Å². The molecule has 0 saturated carbocycles. The molecule has 1 N–H and O–H groups in total. The quantitative estimate of drug-likeness (QED) is 0.847. The van der Waals surface area contributed by atoms with Crippen molar-refractivity contribution in [1.29, 1.82) is 0 Å². The zero-order valence-electron chi connectivity index (χ0n) is 9.57. The van der Waals surface area contributed by atoms with Crippen LogP contribution in [0.4, 0.5) is 0 Å². The van der Waals surface area contributed by atoms with Gasteiger partial charge in [0.05, 0.1) is 17.7 Å². The molecule has 0 fully saturated rings. The predicted molar refractivity (Wildman–Crippen MR) is 68.8 cm³/mol. The Morgan fingerprint density at radius 3 is 2.67 bits per heavy atom. The van der Waals surface area contributed by atoms with Crippen LogP contribution in [0.25, 0.3) is 11.1 Å². The highest BCUT2D eigenvalue weighted by Gasteiger charge is 2.14. The second kappa shape index (κ2) is 5.06. The standard InChI is InChI=1S/C13H10ClNO3/c1-18-13(17)10-4-2-3-9(12(10)14)8-5-6-11(16)15-7-8/h2-7H,1H3,(H,15,16). The highest BCUT2D eigenvalue weighted by molar-refractivity contribution is 6.36. The number of aromatic amines is 1. The lowest BCUT2D eigenvalue weighted by atomic mass is 10.0. The first-order chi connectivity index (χ1) is 8.63. The van der Waals surface area contributed by atoms with Gasteiger partial charge in [0.25, 0.3) is 0 Å². The first kappa shape index (κ1) is 12.4. The molecule has 1 heterocycles. The summed E-state index contributed by atoms with van der Waals surface area (Å²) in [6, 6.07) is 8.10. The van der Waals surface area contributed by atoms with Gasteiger partial charge in [0, 0.05) is 17.8 Å². The average Bonchev–Trinajstić information content (AvgIpc) is 2.39. The van der Waals surface area contributed by atoms with E-state index in [-0.39, 0.29) is 5.56 Å². The molecule has 4 nitrogen and oxygen atoms in total. The summed E-state index contributed by atoms with van der Waals surface area (Å²) >= 11 is 6.16.